The molecule has 4 rings (SSSR count). The number of allylic oxidation sites excluding steroid dienone is 3. The minimum Gasteiger partial charge on any atom is -0.464 e. The monoisotopic (exact) mass is 356 g/mol. The lowest BCUT2D eigenvalue weighted by Crippen LogP contribution is -2.53. The number of ether oxygens (including phenoxy) is 1. The van der Waals surface area contributed by atoms with Gasteiger partial charge in [-0.15, -0.1) is 6.58 Å². The molecule has 4 aliphatic carbocycles. The second-order valence-electron chi connectivity index (χ2n) is 9.65. The molecule has 26 heavy (non-hydrogen) atoms. The highest BCUT2D eigenvalue weighted by molar-refractivity contribution is 5.82. The van der Waals surface area contributed by atoms with E-state index in [1.807, 2.05) is 6.08 Å². The molecule has 0 aromatic carbocycles. The molecular weight excluding hydrogens is 324 g/mol. The Hall–Kier alpha value is -1.38. The van der Waals surface area contributed by atoms with Crippen LogP contribution in [0, 0.1) is 34.5 Å². The molecule has 0 heterocycles. The Labute approximate surface area is 157 Å². The van der Waals surface area contributed by atoms with Gasteiger partial charge in [0.1, 0.15) is 11.9 Å². The molecule has 4 aliphatic rings. The van der Waals surface area contributed by atoms with E-state index in [0.717, 1.165) is 38.5 Å². The molecule has 3 nitrogen and oxygen atoms in total. The molecule has 0 N–H and O–H groups in total. The van der Waals surface area contributed by atoms with Gasteiger partial charge in [-0.25, -0.2) is 0 Å². The van der Waals surface area contributed by atoms with Gasteiger partial charge in [0, 0.05) is 18.3 Å². The zero-order valence-corrected chi connectivity index (χ0v) is 16.2. The Morgan fingerprint density at radius 3 is 2.77 bits per heavy atom. The van der Waals surface area contributed by atoms with E-state index in [1.54, 1.807) is 0 Å². The van der Waals surface area contributed by atoms with E-state index >= 15 is 0 Å². The van der Waals surface area contributed by atoms with Gasteiger partial charge in [0.2, 0.25) is 0 Å². The van der Waals surface area contributed by atoms with Crippen LogP contribution in [0.3, 0.4) is 0 Å². The molecule has 0 bridgehead atoms. The van der Waals surface area contributed by atoms with Crippen LogP contribution in [-0.2, 0) is 14.3 Å². The van der Waals surface area contributed by atoms with Crippen LogP contribution in [0.1, 0.15) is 65.2 Å². The number of carbonyl (C=O) groups is 2. The quantitative estimate of drug-likeness (QED) is 0.533. The lowest BCUT2D eigenvalue weighted by atomic mass is 9.45. The number of hydrogen-bond donors (Lipinski definition) is 0. The molecule has 0 radical (unpaired) electrons. The normalized spacial score (nSPS) is 47.2. The van der Waals surface area contributed by atoms with Crippen LogP contribution < -0.4 is 0 Å². The number of hydrogen-bond acceptors (Lipinski definition) is 3. The largest absolute Gasteiger partial charge is 0.464 e. The van der Waals surface area contributed by atoms with Crippen molar-refractivity contribution in [3.63, 3.8) is 0 Å². The second-order valence-corrected chi connectivity index (χ2v) is 9.65. The van der Waals surface area contributed by atoms with Crippen LogP contribution in [0.25, 0.3) is 0 Å². The molecule has 0 amide bonds. The van der Waals surface area contributed by atoms with Crippen LogP contribution in [0.2, 0.25) is 0 Å². The first-order chi connectivity index (χ1) is 12.4. The molecule has 0 aromatic heterocycles. The van der Waals surface area contributed by atoms with E-state index in [9.17, 15) is 9.59 Å². The maximum Gasteiger partial charge on any atom is 0.293 e. The first kappa shape index (κ1) is 18.0. The minimum atomic E-state index is 0.0708. The summed E-state index contributed by atoms with van der Waals surface area (Å²) in [6, 6.07) is 0. The van der Waals surface area contributed by atoms with Crippen LogP contribution in [0.4, 0.5) is 0 Å². The molecule has 3 heteroatoms. The maximum absolute atomic E-state index is 12.1. The van der Waals surface area contributed by atoms with Crippen molar-refractivity contribution in [3.05, 3.63) is 24.3 Å². The summed E-state index contributed by atoms with van der Waals surface area (Å²) >= 11 is 0. The third-order valence-corrected chi connectivity index (χ3v) is 8.68. The van der Waals surface area contributed by atoms with E-state index in [2.05, 4.69) is 26.5 Å². The Kier molecular flexibility index (Phi) is 4.40. The van der Waals surface area contributed by atoms with Crippen molar-refractivity contribution in [3.8, 4) is 0 Å². The molecular formula is C23H32O3. The van der Waals surface area contributed by atoms with Crippen molar-refractivity contribution >= 4 is 12.3 Å². The van der Waals surface area contributed by atoms with Gasteiger partial charge in [-0.2, -0.15) is 0 Å². The van der Waals surface area contributed by atoms with Crippen molar-refractivity contribution in [2.75, 3.05) is 0 Å². The van der Waals surface area contributed by atoms with Crippen molar-refractivity contribution in [2.45, 2.75) is 71.3 Å². The highest BCUT2D eigenvalue weighted by Crippen LogP contribution is 2.66. The van der Waals surface area contributed by atoms with Gasteiger partial charge in [0.05, 0.1) is 0 Å². The van der Waals surface area contributed by atoms with E-state index in [0.29, 0.717) is 42.3 Å². The molecule has 0 aliphatic heterocycles. The zero-order valence-electron chi connectivity index (χ0n) is 16.2. The van der Waals surface area contributed by atoms with E-state index in [1.165, 1.54) is 12.0 Å². The highest BCUT2D eigenvalue weighted by atomic mass is 16.5. The summed E-state index contributed by atoms with van der Waals surface area (Å²) in [5.74, 6) is 2.75. The molecule has 7 atom stereocenters. The van der Waals surface area contributed by atoms with Crippen molar-refractivity contribution in [2.24, 2.45) is 34.5 Å². The standard InChI is InChI=1S/C23H32O3/c1-4-5-15-12-16-13-17(25)8-10-22(16,2)19-9-11-23(3)18(21(15)19)6-7-20(23)26-14-24/h4,12,14-15,18-21H,1,5-11,13H2,2-3H3/t15-,18?,19?,20+,21?,22+,23+/m1/s1. The predicted molar refractivity (Wildman–Crippen MR) is 101 cm³/mol. The Morgan fingerprint density at radius 2 is 2.04 bits per heavy atom. The molecule has 3 unspecified atom stereocenters. The van der Waals surface area contributed by atoms with E-state index in [-0.39, 0.29) is 16.9 Å². The summed E-state index contributed by atoms with van der Waals surface area (Å²) in [5.41, 5.74) is 1.69. The lowest BCUT2D eigenvalue weighted by Gasteiger charge is -2.59. The molecule has 142 valence electrons. The summed E-state index contributed by atoms with van der Waals surface area (Å²) in [6.45, 7) is 9.43. The van der Waals surface area contributed by atoms with Gasteiger partial charge in [-0.3, -0.25) is 9.59 Å². The third-order valence-electron chi connectivity index (χ3n) is 8.68. The second kappa shape index (κ2) is 6.35. The topological polar surface area (TPSA) is 43.4 Å². The molecule has 3 fully saturated rings. The summed E-state index contributed by atoms with van der Waals surface area (Å²) in [7, 11) is 0. The summed E-state index contributed by atoms with van der Waals surface area (Å²) in [4.78, 5) is 23.1. The number of rotatable bonds is 4. The van der Waals surface area contributed by atoms with Crippen LogP contribution in [0.15, 0.2) is 24.3 Å². The van der Waals surface area contributed by atoms with Crippen molar-refractivity contribution < 1.29 is 14.3 Å². The van der Waals surface area contributed by atoms with Crippen molar-refractivity contribution in [1.29, 1.82) is 0 Å². The number of carbonyl (C=O) groups excluding carboxylic acids is 2. The lowest BCUT2D eigenvalue weighted by molar-refractivity contribution is -0.145. The van der Waals surface area contributed by atoms with Gasteiger partial charge in [0.15, 0.2) is 0 Å². The van der Waals surface area contributed by atoms with Crippen LogP contribution >= 0.6 is 0 Å². The predicted octanol–water partition coefficient (Wildman–Crippen LogP) is 4.86. The number of Topliss-reactive ketones (excluding diaryl/α,β-unsaturated/α-hetero) is 1. The Bertz CT molecular complexity index is 650. The summed E-state index contributed by atoms with van der Waals surface area (Å²) < 4.78 is 5.54. The molecule has 0 saturated heterocycles. The van der Waals surface area contributed by atoms with Gasteiger partial charge < -0.3 is 4.74 Å². The highest BCUT2D eigenvalue weighted by Gasteiger charge is 2.61. The fourth-order valence-electron chi connectivity index (χ4n) is 7.30. The van der Waals surface area contributed by atoms with Gasteiger partial charge >= 0.3 is 0 Å². The fraction of sp³-hybridized carbons (Fsp3) is 0.739. The maximum atomic E-state index is 12.1. The van der Waals surface area contributed by atoms with Crippen molar-refractivity contribution in [1.82, 2.24) is 0 Å². The molecule has 3 saturated carbocycles. The third kappa shape index (κ3) is 2.46. The average molecular weight is 357 g/mol. The Morgan fingerprint density at radius 1 is 1.23 bits per heavy atom. The zero-order chi connectivity index (χ0) is 18.5. The van der Waals surface area contributed by atoms with Crippen LogP contribution in [0.5, 0.6) is 0 Å². The van der Waals surface area contributed by atoms with E-state index < -0.39 is 0 Å². The number of fused-ring (bicyclic) bond motifs is 5. The summed E-state index contributed by atoms with van der Waals surface area (Å²) in [6.07, 6.45) is 12.4. The van der Waals surface area contributed by atoms with Gasteiger partial charge in [0.25, 0.3) is 6.47 Å². The van der Waals surface area contributed by atoms with Gasteiger partial charge in [-0.05, 0) is 67.6 Å². The Balaban J connectivity index is 1.74. The minimum absolute atomic E-state index is 0.0708. The fourth-order valence-corrected chi connectivity index (χ4v) is 7.30. The average Bonchev–Trinajstić information content (AvgIpc) is 2.94. The molecule has 0 spiro atoms. The van der Waals surface area contributed by atoms with Gasteiger partial charge in [-0.1, -0.05) is 31.6 Å². The first-order valence-corrected chi connectivity index (χ1v) is 10.4. The summed E-state index contributed by atoms with van der Waals surface area (Å²) in [5, 5.41) is 0. The van der Waals surface area contributed by atoms with E-state index in [4.69, 9.17) is 4.74 Å². The first-order valence-electron chi connectivity index (χ1n) is 10.4. The smallest absolute Gasteiger partial charge is 0.293 e. The number of ketones is 1. The molecule has 0 aromatic rings. The SMILES string of the molecule is C=CC[C@@H]1C=C2CC(=O)CC[C@]2(C)C2CC[C@@]3(C)C(CC[C@@H]3OC=O)C21. The van der Waals surface area contributed by atoms with Crippen LogP contribution in [-0.4, -0.2) is 18.4 Å².